The molecule has 0 fully saturated rings. The van der Waals surface area contributed by atoms with Gasteiger partial charge in [-0.2, -0.15) is 13.2 Å². The van der Waals surface area contributed by atoms with E-state index < -0.39 is 23.6 Å². The maximum absolute atomic E-state index is 14.0. The van der Waals surface area contributed by atoms with Crippen LogP contribution in [0, 0.1) is 12.7 Å². The van der Waals surface area contributed by atoms with E-state index in [9.17, 15) is 17.6 Å². The second-order valence-electron chi connectivity index (χ2n) is 4.54. The van der Waals surface area contributed by atoms with Crippen LogP contribution >= 0.6 is 0 Å². The highest BCUT2D eigenvalue weighted by molar-refractivity contribution is 5.39. The Bertz CT molecular complexity index is 620. The van der Waals surface area contributed by atoms with Crippen LogP contribution in [0.2, 0.25) is 0 Å². The molecule has 0 heterocycles. The van der Waals surface area contributed by atoms with Gasteiger partial charge in [0.15, 0.2) is 0 Å². The Kier molecular flexibility index (Phi) is 3.81. The van der Waals surface area contributed by atoms with E-state index in [1.54, 1.807) is 31.2 Å². The van der Waals surface area contributed by atoms with E-state index >= 15 is 0 Å². The summed E-state index contributed by atoms with van der Waals surface area (Å²) in [6.07, 6.45) is -4.73. The summed E-state index contributed by atoms with van der Waals surface area (Å²) in [7, 11) is 0. The first-order valence-corrected chi connectivity index (χ1v) is 5.99. The molecule has 0 spiro atoms. The minimum Gasteiger partial charge on any atom is -0.320 e. The Labute approximate surface area is 114 Å². The Balaban J connectivity index is 2.52. The van der Waals surface area contributed by atoms with Crippen LogP contribution in [0.15, 0.2) is 42.5 Å². The Hall–Kier alpha value is -1.88. The predicted octanol–water partition coefficient (Wildman–Crippen LogP) is 4.20. The van der Waals surface area contributed by atoms with Gasteiger partial charge < -0.3 is 5.73 Å². The van der Waals surface area contributed by atoms with E-state index in [1.165, 1.54) is 12.1 Å². The number of halogens is 4. The topological polar surface area (TPSA) is 26.0 Å². The molecule has 2 rings (SSSR count). The second-order valence-corrected chi connectivity index (χ2v) is 4.54. The van der Waals surface area contributed by atoms with Crippen LogP contribution < -0.4 is 5.73 Å². The third kappa shape index (κ3) is 2.67. The fraction of sp³-hybridized carbons (Fsp3) is 0.200. The molecule has 0 aliphatic heterocycles. The first-order chi connectivity index (χ1) is 9.32. The normalized spacial score (nSPS) is 13.3. The summed E-state index contributed by atoms with van der Waals surface area (Å²) in [5.41, 5.74) is 5.88. The quantitative estimate of drug-likeness (QED) is 0.821. The molecule has 106 valence electrons. The molecule has 0 saturated heterocycles. The summed E-state index contributed by atoms with van der Waals surface area (Å²) in [6.45, 7) is 1.78. The number of rotatable bonds is 2. The number of benzene rings is 2. The van der Waals surface area contributed by atoms with Crippen molar-refractivity contribution in [3.63, 3.8) is 0 Å². The molecular formula is C15H13F4N. The van der Waals surface area contributed by atoms with Crippen LogP contribution in [0.3, 0.4) is 0 Å². The second kappa shape index (κ2) is 5.25. The molecule has 2 N–H and O–H groups in total. The monoisotopic (exact) mass is 283 g/mol. The summed E-state index contributed by atoms with van der Waals surface area (Å²) < 4.78 is 52.1. The Morgan fingerprint density at radius 2 is 1.55 bits per heavy atom. The van der Waals surface area contributed by atoms with Crippen LogP contribution in [-0.4, -0.2) is 0 Å². The number of hydrogen-bond acceptors (Lipinski definition) is 1. The summed E-state index contributed by atoms with van der Waals surface area (Å²) >= 11 is 0. The molecule has 0 bridgehead atoms. The van der Waals surface area contributed by atoms with E-state index in [4.69, 9.17) is 5.73 Å². The third-order valence-corrected chi connectivity index (χ3v) is 3.19. The molecule has 0 radical (unpaired) electrons. The van der Waals surface area contributed by atoms with Crippen LogP contribution in [0.4, 0.5) is 17.6 Å². The van der Waals surface area contributed by atoms with Crippen molar-refractivity contribution >= 4 is 0 Å². The van der Waals surface area contributed by atoms with Crippen molar-refractivity contribution < 1.29 is 17.6 Å². The molecule has 1 atom stereocenters. The highest BCUT2D eigenvalue weighted by Crippen LogP contribution is 2.35. The van der Waals surface area contributed by atoms with Gasteiger partial charge in [0.2, 0.25) is 0 Å². The maximum atomic E-state index is 14.0. The molecule has 0 aliphatic carbocycles. The summed E-state index contributed by atoms with van der Waals surface area (Å²) in [6, 6.07) is 9.19. The van der Waals surface area contributed by atoms with Crippen LogP contribution in [0.1, 0.15) is 28.3 Å². The summed E-state index contributed by atoms with van der Waals surface area (Å²) in [5.74, 6) is -1.31. The number of hydrogen-bond donors (Lipinski definition) is 1. The number of aryl methyl sites for hydroxylation is 1. The molecule has 1 nitrogen and oxygen atoms in total. The van der Waals surface area contributed by atoms with Gasteiger partial charge in [0.25, 0.3) is 0 Å². The third-order valence-electron chi connectivity index (χ3n) is 3.19. The van der Waals surface area contributed by atoms with Gasteiger partial charge in [0.05, 0.1) is 11.6 Å². The molecule has 0 aliphatic rings. The van der Waals surface area contributed by atoms with Crippen molar-refractivity contribution in [1.29, 1.82) is 0 Å². The zero-order valence-corrected chi connectivity index (χ0v) is 10.7. The molecule has 0 saturated carbocycles. The van der Waals surface area contributed by atoms with Gasteiger partial charge in [-0.3, -0.25) is 0 Å². The standard InChI is InChI=1S/C15H13F4N/c1-9-5-2-3-6-10(9)14(20)11-7-4-8-12(13(11)16)15(17,18)19/h2-8,14H,20H2,1H3. The van der Waals surface area contributed by atoms with E-state index in [2.05, 4.69) is 0 Å². The van der Waals surface area contributed by atoms with Crippen molar-refractivity contribution in [3.8, 4) is 0 Å². The van der Waals surface area contributed by atoms with Crippen molar-refractivity contribution in [1.82, 2.24) is 0 Å². The average molecular weight is 283 g/mol. The number of alkyl halides is 3. The van der Waals surface area contributed by atoms with Gasteiger partial charge >= 0.3 is 6.18 Å². The average Bonchev–Trinajstić information content (AvgIpc) is 2.37. The molecule has 20 heavy (non-hydrogen) atoms. The lowest BCUT2D eigenvalue weighted by molar-refractivity contribution is -0.140. The zero-order chi connectivity index (χ0) is 14.9. The minimum atomic E-state index is -4.73. The molecular weight excluding hydrogens is 270 g/mol. The minimum absolute atomic E-state index is 0.158. The predicted molar refractivity (Wildman–Crippen MR) is 68.6 cm³/mol. The molecule has 1 unspecified atom stereocenters. The Morgan fingerprint density at radius 3 is 2.15 bits per heavy atom. The highest BCUT2D eigenvalue weighted by Gasteiger charge is 2.35. The van der Waals surface area contributed by atoms with Crippen molar-refractivity contribution in [3.05, 3.63) is 70.5 Å². The molecule has 5 heteroatoms. The van der Waals surface area contributed by atoms with Gasteiger partial charge in [0, 0.05) is 5.56 Å². The maximum Gasteiger partial charge on any atom is 0.419 e. The Morgan fingerprint density at radius 1 is 0.950 bits per heavy atom. The lowest BCUT2D eigenvalue weighted by Crippen LogP contribution is -2.18. The van der Waals surface area contributed by atoms with E-state index in [0.717, 1.165) is 5.56 Å². The van der Waals surface area contributed by atoms with Crippen LogP contribution in [0.5, 0.6) is 0 Å². The van der Waals surface area contributed by atoms with Gasteiger partial charge in [-0.05, 0) is 24.1 Å². The molecule has 0 aromatic heterocycles. The van der Waals surface area contributed by atoms with Gasteiger partial charge in [-0.1, -0.05) is 36.4 Å². The lowest BCUT2D eigenvalue weighted by atomic mass is 9.94. The molecule has 2 aromatic rings. The van der Waals surface area contributed by atoms with Gasteiger partial charge in [-0.15, -0.1) is 0 Å². The SMILES string of the molecule is Cc1ccccc1C(N)c1cccc(C(F)(F)F)c1F. The van der Waals surface area contributed by atoms with Crippen LogP contribution in [-0.2, 0) is 6.18 Å². The lowest BCUT2D eigenvalue weighted by Gasteiger charge is -2.18. The molecule has 0 amide bonds. The molecule has 2 aromatic carbocycles. The number of nitrogens with two attached hydrogens (primary N) is 1. The van der Waals surface area contributed by atoms with Crippen molar-refractivity contribution in [2.75, 3.05) is 0 Å². The van der Waals surface area contributed by atoms with Gasteiger partial charge in [0.1, 0.15) is 5.82 Å². The van der Waals surface area contributed by atoms with Crippen molar-refractivity contribution in [2.45, 2.75) is 19.1 Å². The zero-order valence-electron chi connectivity index (χ0n) is 10.7. The summed E-state index contributed by atoms with van der Waals surface area (Å²) in [5, 5.41) is 0. The van der Waals surface area contributed by atoms with E-state index in [0.29, 0.717) is 11.6 Å². The van der Waals surface area contributed by atoms with Crippen molar-refractivity contribution in [2.24, 2.45) is 5.73 Å². The van der Waals surface area contributed by atoms with E-state index in [1.807, 2.05) is 0 Å². The summed E-state index contributed by atoms with van der Waals surface area (Å²) in [4.78, 5) is 0. The largest absolute Gasteiger partial charge is 0.419 e. The highest BCUT2D eigenvalue weighted by atomic mass is 19.4. The fourth-order valence-electron chi connectivity index (χ4n) is 2.11. The smallest absolute Gasteiger partial charge is 0.320 e. The first kappa shape index (κ1) is 14.5. The van der Waals surface area contributed by atoms with Gasteiger partial charge in [-0.25, -0.2) is 4.39 Å². The first-order valence-electron chi connectivity index (χ1n) is 5.99. The van der Waals surface area contributed by atoms with E-state index in [-0.39, 0.29) is 5.56 Å². The van der Waals surface area contributed by atoms with Crippen LogP contribution in [0.25, 0.3) is 0 Å². The fourth-order valence-corrected chi connectivity index (χ4v) is 2.11.